The van der Waals surface area contributed by atoms with Crippen LogP contribution in [-0.4, -0.2) is 79.2 Å². The molecule has 2 heterocycles. The van der Waals surface area contributed by atoms with Gasteiger partial charge in [-0.2, -0.15) is 22.9 Å². The summed E-state index contributed by atoms with van der Waals surface area (Å²) in [6.07, 6.45) is -0.412. The van der Waals surface area contributed by atoms with Crippen molar-refractivity contribution < 1.29 is 0 Å². The van der Waals surface area contributed by atoms with Crippen LogP contribution in [0.25, 0.3) is 0 Å². The summed E-state index contributed by atoms with van der Waals surface area (Å²) in [7, 11) is 4.33. The minimum Gasteiger partial charge on any atom is -0.363 e. The zero-order valence-electron chi connectivity index (χ0n) is 26.5. The highest BCUT2D eigenvalue weighted by Gasteiger charge is 2.39. The third kappa shape index (κ3) is 6.91. The van der Waals surface area contributed by atoms with Gasteiger partial charge < -0.3 is 23.6 Å². The second kappa shape index (κ2) is 13.7. The van der Waals surface area contributed by atoms with E-state index in [0.717, 1.165) is 11.2 Å². The fourth-order valence-electron chi connectivity index (χ4n) is 6.31. The van der Waals surface area contributed by atoms with Gasteiger partial charge in [0.1, 0.15) is 0 Å². The van der Waals surface area contributed by atoms with E-state index in [1.54, 1.807) is 0 Å². The van der Waals surface area contributed by atoms with Gasteiger partial charge in [-0.3, -0.25) is 0 Å². The Morgan fingerprint density at radius 3 is 0.947 bits per heavy atom. The summed E-state index contributed by atoms with van der Waals surface area (Å²) in [5.74, 6) is 0. The van der Waals surface area contributed by atoms with Crippen LogP contribution >= 0.6 is 22.9 Å². The van der Waals surface area contributed by atoms with Gasteiger partial charge in [-0.1, -0.05) is 83.1 Å². The fraction of sp³-hybridized carbons (Fsp3) is 0.714. The Morgan fingerprint density at radius 2 is 0.711 bits per heavy atom. The SMILES string of the molecule is CC(C)N(B(Cl)c1ccc(B(c2ccc(B(Cl)N(C(C)C)C(C)C)n2C)N(C(C)C)C(C)C)n1C)C(C)C. The summed E-state index contributed by atoms with van der Waals surface area (Å²) in [6, 6.07) is 11.0. The molecule has 0 bridgehead atoms. The molecule has 0 spiro atoms. The van der Waals surface area contributed by atoms with Crippen LogP contribution in [0.5, 0.6) is 0 Å². The van der Waals surface area contributed by atoms with Crippen molar-refractivity contribution in [1.29, 1.82) is 0 Å². The molecule has 2 aromatic rings. The standard InChI is InChI=1S/C28H52B3Cl2N5/c1-19(2)36(20(3)4)29(25-15-17-27(34(25)13)30(32)37(21(5)6)22(7)8)26-16-18-28(35(26)14)31(33)38(23(9)10)24(11)12/h15-24H,1-14H3. The Kier molecular flexibility index (Phi) is 12.1. The highest BCUT2D eigenvalue weighted by atomic mass is 35.5. The van der Waals surface area contributed by atoms with Gasteiger partial charge in [0.25, 0.3) is 0 Å². The van der Waals surface area contributed by atoms with Crippen LogP contribution in [0.4, 0.5) is 0 Å². The third-order valence-corrected chi connectivity index (χ3v) is 8.74. The maximum absolute atomic E-state index is 7.17. The molecule has 0 aliphatic rings. The second-order valence-corrected chi connectivity index (χ2v) is 13.3. The average molecular weight is 562 g/mol. The van der Waals surface area contributed by atoms with Crippen molar-refractivity contribution in [3.05, 3.63) is 24.3 Å². The van der Waals surface area contributed by atoms with Gasteiger partial charge in [-0.25, -0.2) is 0 Å². The minimum absolute atomic E-state index is 0.0540. The zero-order valence-corrected chi connectivity index (χ0v) is 28.0. The Labute approximate surface area is 245 Å². The highest BCUT2D eigenvalue weighted by Crippen LogP contribution is 2.15. The Balaban J connectivity index is 2.70. The molecule has 0 fully saturated rings. The molecule has 0 aromatic carbocycles. The lowest BCUT2D eigenvalue weighted by Crippen LogP contribution is -2.66. The summed E-state index contributed by atoms with van der Waals surface area (Å²) in [6.45, 7) is 26.9. The van der Waals surface area contributed by atoms with Crippen molar-refractivity contribution in [1.82, 2.24) is 23.6 Å². The largest absolute Gasteiger partial charge is 0.381 e. The fourth-order valence-corrected chi connectivity index (χ4v) is 7.65. The molecule has 212 valence electrons. The van der Waals surface area contributed by atoms with Gasteiger partial charge in [-0.15, -0.1) is 0 Å². The Morgan fingerprint density at radius 1 is 0.474 bits per heavy atom. The van der Waals surface area contributed by atoms with Crippen LogP contribution < -0.4 is 22.4 Å². The summed E-state index contributed by atoms with van der Waals surface area (Å²) < 4.78 is 4.63. The molecule has 2 rings (SSSR count). The van der Waals surface area contributed by atoms with Crippen LogP contribution in [0.3, 0.4) is 0 Å². The minimum atomic E-state index is -0.206. The summed E-state index contributed by atoms with van der Waals surface area (Å²) in [5, 5.41) is 0. The van der Waals surface area contributed by atoms with Gasteiger partial charge in [0, 0.05) is 36.5 Å². The van der Waals surface area contributed by atoms with Gasteiger partial charge in [0.05, 0.1) is 0 Å². The van der Waals surface area contributed by atoms with Crippen molar-refractivity contribution in [2.45, 2.75) is 119 Å². The van der Waals surface area contributed by atoms with Crippen molar-refractivity contribution in [3.63, 3.8) is 0 Å². The quantitative estimate of drug-likeness (QED) is 0.348. The van der Waals surface area contributed by atoms with Crippen molar-refractivity contribution in [3.8, 4) is 0 Å². The van der Waals surface area contributed by atoms with Crippen LogP contribution in [0.15, 0.2) is 24.3 Å². The van der Waals surface area contributed by atoms with E-state index in [2.05, 4.69) is 145 Å². The number of nitrogens with zero attached hydrogens (tertiary/aromatic N) is 5. The van der Waals surface area contributed by atoms with Gasteiger partial charge in [-0.05, 0) is 60.5 Å². The van der Waals surface area contributed by atoms with Crippen molar-refractivity contribution in [2.75, 3.05) is 0 Å². The van der Waals surface area contributed by atoms with Crippen LogP contribution in [0, 0.1) is 0 Å². The number of hydrogen-bond donors (Lipinski definition) is 0. The van der Waals surface area contributed by atoms with E-state index in [9.17, 15) is 0 Å². The lowest BCUT2D eigenvalue weighted by Gasteiger charge is -2.38. The number of halogens is 2. The second-order valence-electron chi connectivity index (χ2n) is 12.5. The van der Waals surface area contributed by atoms with Crippen LogP contribution in [-0.2, 0) is 14.1 Å². The monoisotopic (exact) mass is 561 g/mol. The predicted octanol–water partition coefficient (Wildman–Crippen LogP) is 3.69. The Bertz CT molecular complexity index is 924. The topological polar surface area (TPSA) is 19.6 Å². The molecule has 38 heavy (non-hydrogen) atoms. The average Bonchev–Trinajstić information content (AvgIpc) is 3.32. The first-order valence-electron chi connectivity index (χ1n) is 14.5. The molecule has 0 aliphatic carbocycles. The van der Waals surface area contributed by atoms with Crippen molar-refractivity contribution in [2.24, 2.45) is 14.1 Å². The van der Waals surface area contributed by atoms with Gasteiger partial charge in [0.2, 0.25) is 0 Å². The lowest BCUT2D eigenvalue weighted by atomic mass is 9.52. The summed E-state index contributed by atoms with van der Waals surface area (Å²) in [5.41, 5.74) is 4.72. The molecule has 0 saturated carbocycles. The molecule has 0 atom stereocenters. The third-order valence-electron chi connectivity index (χ3n) is 7.85. The zero-order chi connectivity index (χ0) is 29.2. The molecule has 5 nitrogen and oxygen atoms in total. The molecular formula is C28H52B3Cl2N5. The summed E-state index contributed by atoms with van der Waals surface area (Å²) >= 11 is 14.3. The smallest absolute Gasteiger partial charge is 0.363 e. The number of hydrogen-bond acceptors (Lipinski definition) is 3. The first kappa shape index (κ1) is 33.4. The maximum Gasteiger partial charge on any atom is 0.381 e. The molecule has 0 amide bonds. The van der Waals surface area contributed by atoms with E-state index in [4.69, 9.17) is 22.9 Å². The molecule has 0 saturated heterocycles. The van der Waals surface area contributed by atoms with E-state index in [0.29, 0.717) is 36.3 Å². The predicted molar refractivity (Wildman–Crippen MR) is 175 cm³/mol. The molecule has 0 unspecified atom stereocenters. The first-order chi connectivity index (χ1) is 17.5. The van der Waals surface area contributed by atoms with E-state index >= 15 is 0 Å². The lowest BCUT2D eigenvalue weighted by molar-refractivity contribution is 0.308. The van der Waals surface area contributed by atoms with Gasteiger partial charge >= 0.3 is 19.4 Å². The number of rotatable bonds is 13. The molecular weight excluding hydrogens is 510 g/mol. The maximum atomic E-state index is 7.17. The highest BCUT2D eigenvalue weighted by molar-refractivity contribution is 7.13. The van der Waals surface area contributed by atoms with E-state index < -0.39 is 0 Å². The first-order valence-corrected chi connectivity index (χ1v) is 15.3. The van der Waals surface area contributed by atoms with Crippen molar-refractivity contribution >= 4 is 64.7 Å². The van der Waals surface area contributed by atoms with E-state index in [1.165, 1.54) is 11.2 Å². The van der Waals surface area contributed by atoms with E-state index in [1.807, 2.05) is 0 Å². The van der Waals surface area contributed by atoms with Crippen LogP contribution in [0.2, 0.25) is 0 Å². The Hall–Kier alpha value is -0.785. The van der Waals surface area contributed by atoms with E-state index in [-0.39, 0.29) is 19.4 Å². The van der Waals surface area contributed by atoms with Crippen LogP contribution in [0.1, 0.15) is 83.1 Å². The molecule has 10 heteroatoms. The summed E-state index contributed by atoms with van der Waals surface area (Å²) in [4.78, 5) is 7.32. The molecule has 0 radical (unpaired) electrons. The normalized spacial score (nSPS) is 12.8. The molecule has 0 aliphatic heterocycles. The molecule has 0 N–H and O–H groups in total. The molecule has 2 aromatic heterocycles. The van der Waals surface area contributed by atoms with Gasteiger partial charge in [0.15, 0.2) is 0 Å². The number of aromatic nitrogens is 2.